The third-order valence-corrected chi connectivity index (χ3v) is 3.44. The van der Waals surface area contributed by atoms with E-state index in [0.29, 0.717) is 6.54 Å². The Balaban J connectivity index is 2.47. The van der Waals surface area contributed by atoms with Crippen molar-refractivity contribution in [2.75, 3.05) is 32.2 Å². The zero-order valence-corrected chi connectivity index (χ0v) is 13.4. The van der Waals surface area contributed by atoms with Crippen molar-refractivity contribution in [3.8, 4) is 5.75 Å². The molecule has 0 atom stereocenters. The lowest BCUT2D eigenvalue weighted by Crippen LogP contribution is -2.37. The molecule has 0 fully saturated rings. The molecular formula is C15H25N3OS. The van der Waals surface area contributed by atoms with E-state index in [1.165, 1.54) is 11.3 Å². The normalized spacial score (nSPS) is 11.2. The number of thioether (sulfide) groups is 1. The van der Waals surface area contributed by atoms with E-state index in [0.717, 1.165) is 31.2 Å². The topological polar surface area (TPSA) is 45.7 Å². The molecule has 0 amide bonds. The number of guanidine groups is 1. The van der Waals surface area contributed by atoms with Gasteiger partial charge in [-0.05, 0) is 43.0 Å². The van der Waals surface area contributed by atoms with Crippen molar-refractivity contribution in [2.24, 2.45) is 4.99 Å². The molecule has 0 aromatic heterocycles. The van der Waals surface area contributed by atoms with Crippen LogP contribution in [0, 0.1) is 0 Å². The lowest BCUT2D eigenvalue weighted by atomic mass is 10.2. The molecular weight excluding hydrogens is 270 g/mol. The van der Waals surface area contributed by atoms with Crippen molar-refractivity contribution < 1.29 is 4.74 Å². The van der Waals surface area contributed by atoms with Crippen LogP contribution in [0.5, 0.6) is 5.75 Å². The SMILES string of the molecule is CCNC(=NCc1ccc(OC)cc1)NCCCSC. The van der Waals surface area contributed by atoms with E-state index >= 15 is 0 Å². The van der Waals surface area contributed by atoms with Crippen LogP contribution >= 0.6 is 11.8 Å². The third kappa shape index (κ3) is 6.70. The Morgan fingerprint density at radius 2 is 2.00 bits per heavy atom. The summed E-state index contributed by atoms with van der Waals surface area (Å²) < 4.78 is 5.15. The van der Waals surface area contributed by atoms with Crippen molar-refractivity contribution in [3.05, 3.63) is 29.8 Å². The van der Waals surface area contributed by atoms with Gasteiger partial charge >= 0.3 is 0 Å². The lowest BCUT2D eigenvalue weighted by molar-refractivity contribution is 0.414. The Hall–Kier alpha value is -1.36. The van der Waals surface area contributed by atoms with Crippen LogP contribution in [0.15, 0.2) is 29.3 Å². The van der Waals surface area contributed by atoms with E-state index in [9.17, 15) is 0 Å². The second-order valence-electron chi connectivity index (χ2n) is 4.32. The summed E-state index contributed by atoms with van der Waals surface area (Å²) in [5.74, 6) is 2.93. The standard InChI is InChI=1S/C15H25N3OS/c1-4-16-15(17-10-5-11-20-3)18-12-13-6-8-14(19-2)9-7-13/h6-9H,4-5,10-12H2,1-3H3,(H2,16,17,18). The molecule has 0 aliphatic carbocycles. The van der Waals surface area contributed by atoms with Gasteiger partial charge < -0.3 is 15.4 Å². The zero-order chi connectivity index (χ0) is 14.6. The molecule has 1 rings (SSSR count). The highest BCUT2D eigenvalue weighted by Gasteiger charge is 1.98. The maximum atomic E-state index is 5.15. The lowest BCUT2D eigenvalue weighted by Gasteiger charge is -2.11. The first-order chi connectivity index (χ1) is 9.80. The molecule has 5 heteroatoms. The number of nitrogens with zero attached hydrogens (tertiary/aromatic N) is 1. The van der Waals surface area contributed by atoms with Crippen LogP contribution in [0.3, 0.4) is 0 Å². The Bertz CT molecular complexity index is 393. The zero-order valence-electron chi connectivity index (χ0n) is 12.6. The summed E-state index contributed by atoms with van der Waals surface area (Å²) >= 11 is 1.87. The summed E-state index contributed by atoms with van der Waals surface area (Å²) in [6, 6.07) is 8.01. The quantitative estimate of drug-likeness (QED) is 0.439. The number of hydrogen-bond donors (Lipinski definition) is 2. The van der Waals surface area contributed by atoms with Crippen molar-refractivity contribution in [1.29, 1.82) is 0 Å². The monoisotopic (exact) mass is 295 g/mol. The number of benzene rings is 1. The minimum absolute atomic E-state index is 0.669. The molecule has 0 aliphatic heterocycles. The number of rotatable bonds is 8. The fourth-order valence-electron chi connectivity index (χ4n) is 1.67. The van der Waals surface area contributed by atoms with Crippen LogP contribution < -0.4 is 15.4 Å². The van der Waals surface area contributed by atoms with E-state index < -0.39 is 0 Å². The molecule has 4 nitrogen and oxygen atoms in total. The molecule has 0 aliphatic rings. The van der Waals surface area contributed by atoms with Crippen LogP contribution in [0.25, 0.3) is 0 Å². The van der Waals surface area contributed by atoms with E-state index in [1.807, 2.05) is 36.0 Å². The molecule has 0 unspecified atom stereocenters. The van der Waals surface area contributed by atoms with E-state index in [4.69, 9.17) is 4.74 Å². The summed E-state index contributed by atoms with van der Waals surface area (Å²) in [6.45, 7) is 4.57. The fourth-order valence-corrected chi connectivity index (χ4v) is 2.10. The van der Waals surface area contributed by atoms with Crippen molar-refractivity contribution in [3.63, 3.8) is 0 Å². The molecule has 20 heavy (non-hydrogen) atoms. The number of ether oxygens (including phenoxy) is 1. The van der Waals surface area contributed by atoms with Crippen LogP contribution in [0.4, 0.5) is 0 Å². The number of hydrogen-bond acceptors (Lipinski definition) is 3. The number of aliphatic imine (C=N–C) groups is 1. The summed E-state index contributed by atoms with van der Waals surface area (Å²) in [5.41, 5.74) is 1.17. The molecule has 1 aromatic carbocycles. The predicted molar refractivity (Wildman–Crippen MR) is 88.8 cm³/mol. The Labute approximate surface area is 126 Å². The van der Waals surface area contributed by atoms with E-state index in [2.05, 4.69) is 28.8 Å². The summed E-state index contributed by atoms with van der Waals surface area (Å²) in [4.78, 5) is 4.58. The molecule has 0 bridgehead atoms. The summed E-state index contributed by atoms with van der Waals surface area (Å²) in [7, 11) is 1.68. The van der Waals surface area contributed by atoms with Crippen LogP contribution in [-0.2, 0) is 6.54 Å². The maximum absolute atomic E-state index is 5.15. The summed E-state index contributed by atoms with van der Waals surface area (Å²) in [5, 5.41) is 6.61. The van der Waals surface area contributed by atoms with Gasteiger partial charge in [0.1, 0.15) is 5.75 Å². The first kappa shape index (κ1) is 16.7. The average Bonchev–Trinajstić information content (AvgIpc) is 2.49. The fraction of sp³-hybridized carbons (Fsp3) is 0.533. The van der Waals surface area contributed by atoms with Crippen molar-refractivity contribution >= 4 is 17.7 Å². The van der Waals surface area contributed by atoms with Gasteiger partial charge in [-0.25, -0.2) is 4.99 Å². The van der Waals surface area contributed by atoms with Gasteiger partial charge in [0, 0.05) is 13.1 Å². The smallest absolute Gasteiger partial charge is 0.191 e. The summed E-state index contributed by atoms with van der Waals surface area (Å²) in [6.07, 6.45) is 3.27. The number of methoxy groups -OCH3 is 1. The highest BCUT2D eigenvalue weighted by molar-refractivity contribution is 7.98. The highest BCUT2D eigenvalue weighted by Crippen LogP contribution is 2.11. The molecule has 0 heterocycles. The minimum Gasteiger partial charge on any atom is -0.497 e. The van der Waals surface area contributed by atoms with Crippen LogP contribution in [0.1, 0.15) is 18.9 Å². The molecule has 1 aromatic rings. The van der Waals surface area contributed by atoms with Crippen LogP contribution in [0.2, 0.25) is 0 Å². The van der Waals surface area contributed by atoms with Gasteiger partial charge in [-0.1, -0.05) is 12.1 Å². The third-order valence-electron chi connectivity index (χ3n) is 2.74. The average molecular weight is 295 g/mol. The highest BCUT2D eigenvalue weighted by atomic mass is 32.2. The molecule has 0 spiro atoms. The van der Waals surface area contributed by atoms with Crippen molar-refractivity contribution in [2.45, 2.75) is 19.9 Å². The van der Waals surface area contributed by atoms with Gasteiger partial charge in [0.15, 0.2) is 5.96 Å². The van der Waals surface area contributed by atoms with Gasteiger partial charge in [-0.15, -0.1) is 0 Å². The largest absolute Gasteiger partial charge is 0.497 e. The van der Waals surface area contributed by atoms with Gasteiger partial charge in [0.05, 0.1) is 13.7 Å². The Kier molecular flexibility index (Phi) is 8.71. The van der Waals surface area contributed by atoms with Crippen molar-refractivity contribution in [1.82, 2.24) is 10.6 Å². The van der Waals surface area contributed by atoms with Gasteiger partial charge in [0.25, 0.3) is 0 Å². The predicted octanol–water partition coefficient (Wildman–Crippen LogP) is 2.50. The van der Waals surface area contributed by atoms with Crippen LogP contribution in [-0.4, -0.2) is 38.2 Å². The van der Waals surface area contributed by atoms with Gasteiger partial charge in [0.2, 0.25) is 0 Å². The molecule has 0 saturated carbocycles. The first-order valence-corrected chi connectivity index (χ1v) is 8.33. The second kappa shape index (κ2) is 10.4. The minimum atomic E-state index is 0.669. The van der Waals surface area contributed by atoms with E-state index in [1.54, 1.807) is 7.11 Å². The Morgan fingerprint density at radius 1 is 1.25 bits per heavy atom. The Morgan fingerprint density at radius 3 is 2.60 bits per heavy atom. The number of nitrogens with one attached hydrogen (secondary N) is 2. The second-order valence-corrected chi connectivity index (χ2v) is 5.30. The van der Waals surface area contributed by atoms with E-state index in [-0.39, 0.29) is 0 Å². The van der Waals surface area contributed by atoms with Gasteiger partial charge in [-0.3, -0.25) is 0 Å². The molecule has 112 valence electrons. The maximum Gasteiger partial charge on any atom is 0.191 e. The molecule has 0 saturated heterocycles. The first-order valence-electron chi connectivity index (χ1n) is 6.94. The molecule has 2 N–H and O–H groups in total. The van der Waals surface area contributed by atoms with Gasteiger partial charge in [-0.2, -0.15) is 11.8 Å². The molecule has 0 radical (unpaired) electrons.